The lowest BCUT2D eigenvalue weighted by atomic mass is 9.99. The highest BCUT2D eigenvalue weighted by atomic mass is 15.2. The second-order valence-electron chi connectivity index (χ2n) is 27.0. The minimum atomic E-state index is 0.519. The van der Waals surface area contributed by atoms with Gasteiger partial charge in [0.05, 0.1) is 44.1 Å². The highest BCUT2D eigenvalue weighted by molar-refractivity contribution is 6.25. The number of para-hydroxylation sites is 3. The van der Waals surface area contributed by atoms with E-state index in [0.29, 0.717) is 35.2 Å². The maximum atomic E-state index is 5.50. The Morgan fingerprint density at radius 3 is 0.792 bits per heavy atom. The van der Waals surface area contributed by atoms with E-state index in [1.807, 2.05) is 60.7 Å². The van der Waals surface area contributed by atoms with Crippen LogP contribution in [0.2, 0.25) is 0 Å². The molecule has 10 nitrogen and oxygen atoms in total. The molecule has 0 aliphatic carbocycles. The maximum absolute atomic E-state index is 5.50. The SMILES string of the molecule is c1ccc(-c2ccc(-c3nc(-c4ccccc4)nc(-n4c5ccccc5c5ccc6c7ccccc7n(-c7cccc(-c8ccc(-c9ccc%10c%11ccc%12c%13ccccc%13n(-c%13cccc(-c%14ccccc%14)c%13)c%12c%11n(-c%11nc(-c%12ccccc%12)nc(-c%12ccccc%12)n%11)c%10c9)cc8)c7)c6c54)n3)cc2)cc1. The molecule has 0 bridgehead atoms. The Morgan fingerprint density at radius 2 is 0.396 bits per heavy atom. The second-order valence-corrected chi connectivity index (χ2v) is 27.0. The zero-order chi connectivity index (χ0) is 69.8. The summed E-state index contributed by atoms with van der Waals surface area (Å²) in [5.41, 5.74) is 22.8. The standard InChI is InChI=1S/C96H60N10/c1-6-24-61(25-7-1)63-48-50-69(51-49-63)94-98-93(68-32-14-5-15-33-68)99-95(102-94)105-85-43-21-18-40-77(85)81-56-54-79-75-38-16-19-41-83(75)103(87(79)89(81)105)74-37-23-35-71(59-74)64-44-46-65(47-45-64)72-52-53-78-82-57-55-80-76-39-17-20-42-84(76)104(73-36-22-34-70(58-73)62-26-8-2-9-27-62)88(80)90(82)106(86(78)60-72)96-100-91(66-28-10-3-11-29-66)97-92(101-96)67-30-12-4-13-31-67/h1-60H. The average Bonchev–Trinajstić information content (AvgIpc) is 1.54. The topological polar surface area (TPSA) is 97.1 Å². The van der Waals surface area contributed by atoms with Gasteiger partial charge in [0.1, 0.15) is 0 Å². The summed E-state index contributed by atoms with van der Waals surface area (Å²) in [7, 11) is 0. The fourth-order valence-electron chi connectivity index (χ4n) is 16.0. The number of fused-ring (bicyclic) bond motifs is 14. The lowest BCUT2D eigenvalue weighted by molar-refractivity contribution is 0.953. The van der Waals surface area contributed by atoms with Gasteiger partial charge in [0.25, 0.3) is 0 Å². The first-order valence-corrected chi connectivity index (χ1v) is 35.7. The quantitative estimate of drug-likeness (QED) is 0.121. The van der Waals surface area contributed by atoms with Gasteiger partial charge in [-0.15, -0.1) is 0 Å². The molecular formula is C96H60N10. The molecule has 6 aromatic heterocycles. The van der Waals surface area contributed by atoms with E-state index in [1.165, 1.54) is 0 Å². The van der Waals surface area contributed by atoms with Crippen molar-refractivity contribution in [1.82, 2.24) is 48.2 Å². The van der Waals surface area contributed by atoms with Gasteiger partial charge in [0, 0.05) is 76.7 Å². The summed E-state index contributed by atoms with van der Waals surface area (Å²) in [4.78, 5) is 32.3. The molecule has 0 amide bonds. The number of hydrogen-bond acceptors (Lipinski definition) is 6. The summed E-state index contributed by atoms with van der Waals surface area (Å²) in [6.07, 6.45) is 0. The Balaban J connectivity index is 0.728. The van der Waals surface area contributed by atoms with E-state index in [0.717, 1.165) is 165 Å². The first kappa shape index (κ1) is 60.3. The van der Waals surface area contributed by atoms with Crippen LogP contribution in [-0.4, -0.2) is 48.2 Å². The van der Waals surface area contributed by atoms with Crippen molar-refractivity contribution in [3.05, 3.63) is 364 Å². The van der Waals surface area contributed by atoms with Crippen molar-refractivity contribution in [3.8, 4) is 113 Å². The van der Waals surface area contributed by atoms with Crippen LogP contribution in [0.1, 0.15) is 0 Å². The monoisotopic (exact) mass is 1350 g/mol. The van der Waals surface area contributed by atoms with Crippen LogP contribution in [0, 0.1) is 0 Å². The first-order valence-electron chi connectivity index (χ1n) is 35.7. The van der Waals surface area contributed by atoms with E-state index in [2.05, 4.69) is 322 Å². The molecule has 0 fully saturated rings. The zero-order valence-electron chi connectivity index (χ0n) is 57.1. The van der Waals surface area contributed by atoms with Crippen LogP contribution in [0.3, 0.4) is 0 Å². The Hall–Kier alpha value is -14.5. The first-order chi connectivity index (χ1) is 52.6. The summed E-state index contributed by atoms with van der Waals surface area (Å²) < 4.78 is 9.43. The normalized spacial score (nSPS) is 11.8. The Kier molecular flexibility index (Phi) is 14.0. The van der Waals surface area contributed by atoms with Gasteiger partial charge in [-0.1, -0.05) is 315 Å². The smallest absolute Gasteiger partial charge is 0.238 e. The number of hydrogen-bond donors (Lipinski definition) is 0. The van der Waals surface area contributed by atoms with E-state index >= 15 is 0 Å². The average molecular weight is 1350 g/mol. The molecule has 0 saturated carbocycles. The molecule has 106 heavy (non-hydrogen) atoms. The second kappa shape index (κ2) is 24.7. The predicted octanol–water partition coefficient (Wildman–Crippen LogP) is 23.8. The van der Waals surface area contributed by atoms with E-state index in [1.54, 1.807) is 0 Å². The van der Waals surface area contributed by atoms with Crippen LogP contribution in [0.5, 0.6) is 0 Å². The van der Waals surface area contributed by atoms with Crippen molar-refractivity contribution in [2.45, 2.75) is 0 Å². The van der Waals surface area contributed by atoms with Crippen molar-refractivity contribution in [2.24, 2.45) is 0 Å². The molecule has 494 valence electrons. The van der Waals surface area contributed by atoms with Crippen LogP contribution >= 0.6 is 0 Å². The summed E-state index contributed by atoms with van der Waals surface area (Å²) in [5.74, 6) is 3.39. The van der Waals surface area contributed by atoms with Crippen LogP contribution in [0.15, 0.2) is 364 Å². The molecule has 0 unspecified atom stereocenters. The van der Waals surface area contributed by atoms with Crippen LogP contribution in [-0.2, 0) is 0 Å². The Bertz CT molecular complexity index is 6970. The van der Waals surface area contributed by atoms with Gasteiger partial charge in [-0.05, 0) is 93.0 Å². The minimum Gasteiger partial charge on any atom is -0.307 e. The van der Waals surface area contributed by atoms with Crippen LogP contribution < -0.4 is 0 Å². The maximum Gasteiger partial charge on any atom is 0.238 e. The third kappa shape index (κ3) is 9.95. The molecular weight excluding hydrogens is 1290 g/mol. The molecule has 0 atom stereocenters. The van der Waals surface area contributed by atoms with Crippen molar-refractivity contribution in [3.63, 3.8) is 0 Å². The van der Waals surface area contributed by atoms with Crippen LogP contribution in [0.25, 0.3) is 201 Å². The molecule has 15 aromatic carbocycles. The predicted molar refractivity (Wildman–Crippen MR) is 434 cm³/mol. The molecule has 10 heteroatoms. The fraction of sp³-hybridized carbons (Fsp3) is 0. The van der Waals surface area contributed by atoms with Gasteiger partial charge in [-0.2, -0.15) is 19.9 Å². The highest BCUT2D eigenvalue weighted by Crippen LogP contribution is 2.46. The third-order valence-corrected chi connectivity index (χ3v) is 20.9. The lowest BCUT2D eigenvalue weighted by Crippen LogP contribution is -2.07. The van der Waals surface area contributed by atoms with Gasteiger partial charge < -0.3 is 9.13 Å². The summed E-state index contributed by atoms with van der Waals surface area (Å²) >= 11 is 0. The van der Waals surface area contributed by atoms with Crippen molar-refractivity contribution < 1.29 is 0 Å². The van der Waals surface area contributed by atoms with Crippen molar-refractivity contribution in [1.29, 1.82) is 0 Å². The van der Waals surface area contributed by atoms with E-state index in [9.17, 15) is 0 Å². The molecule has 0 aliphatic rings. The molecule has 0 aliphatic heterocycles. The van der Waals surface area contributed by atoms with Crippen molar-refractivity contribution >= 4 is 87.2 Å². The van der Waals surface area contributed by atoms with Crippen LogP contribution in [0.4, 0.5) is 0 Å². The summed E-state index contributed by atoms with van der Waals surface area (Å²) in [6, 6.07) is 129. The van der Waals surface area contributed by atoms with Gasteiger partial charge in [0.2, 0.25) is 11.9 Å². The molecule has 6 heterocycles. The van der Waals surface area contributed by atoms with E-state index < -0.39 is 0 Å². The number of rotatable bonds is 12. The number of nitrogens with zero attached hydrogens (tertiary/aromatic N) is 10. The molecule has 0 spiro atoms. The summed E-state index contributed by atoms with van der Waals surface area (Å²) in [5, 5.41) is 8.90. The highest BCUT2D eigenvalue weighted by Gasteiger charge is 2.27. The van der Waals surface area contributed by atoms with E-state index in [-0.39, 0.29) is 0 Å². The van der Waals surface area contributed by atoms with Gasteiger partial charge in [0.15, 0.2) is 23.3 Å². The Morgan fingerprint density at radius 1 is 0.151 bits per heavy atom. The largest absolute Gasteiger partial charge is 0.307 e. The fourth-order valence-corrected chi connectivity index (χ4v) is 16.0. The third-order valence-electron chi connectivity index (χ3n) is 20.9. The molecule has 0 N–H and O–H groups in total. The summed E-state index contributed by atoms with van der Waals surface area (Å²) in [6.45, 7) is 0. The molecule has 21 rings (SSSR count). The zero-order valence-corrected chi connectivity index (χ0v) is 57.1. The number of benzene rings is 15. The minimum absolute atomic E-state index is 0.519. The Labute approximate surface area is 609 Å². The van der Waals surface area contributed by atoms with E-state index in [4.69, 9.17) is 29.9 Å². The lowest BCUT2D eigenvalue weighted by Gasteiger charge is -2.14. The molecule has 0 radical (unpaired) electrons. The van der Waals surface area contributed by atoms with Crippen molar-refractivity contribution in [2.75, 3.05) is 0 Å². The van der Waals surface area contributed by atoms with Gasteiger partial charge >= 0.3 is 0 Å². The van der Waals surface area contributed by atoms with Gasteiger partial charge in [-0.25, -0.2) is 9.97 Å². The molecule has 21 aromatic rings. The number of aromatic nitrogens is 10. The van der Waals surface area contributed by atoms with Gasteiger partial charge in [-0.3, -0.25) is 9.13 Å². The molecule has 0 saturated heterocycles.